The Morgan fingerprint density at radius 2 is 2.11 bits per heavy atom. The van der Waals surface area contributed by atoms with Crippen LogP contribution in [-0.4, -0.2) is 19.3 Å². The van der Waals surface area contributed by atoms with E-state index in [0.717, 1.165) is 19.1 Å². The van der Waals surface area contributed by atoms with E-state index in [2.05, 4.69) is 43.4 Å². The van der Waals surface area contributed by atoms with E-state index in [-0.39, 0.29) is 0 Å². The number of anilines is 1. The Bertz CT molecular complexity index is 364. The van der Waals surface area contributed by atoms with Crippen molar-refractivity contribution in [2.45, 2.75) is 45.6 Å². The van der Waals surface area contributed by atoms with Crippen LogP contribution in [0.15, 0.2) is 24.3 Å². The summed E-state index contributed by atoms with van der Waals surface area (Å²) in [5.74, 6) is 0.841. The molecule has 2 atom stereocenters. The Balaban J connectivity index is 1.65. The molecule has 1 fully saturated rings. The number of rotatable bonds is 5. The molecular formula is C16H25NO. The van der Waals surface area contributed by atoms with Gasteiger partial charge in [0.25, 0.3) is 0 Å². The summed E-state index contributed by atoms with van der Waals surface area (Å²) in [6.45, 7) is 6.18. The second-order valence-corrected chi connectivity index (χ2v) is 5.51. The van der Waals surface area contributed by atoms with Crippen molar-refractivity contribution in [2.24, 2.45) is 5.92 Å². The Labute approximate surface area is 111 Å². The smallest absolute Gasteiger partial charge is 0.0642 e. The number of nitrogens with one attached hydrogen (secondary N) is 1. The Morgan fingerprint density at radius 3 is 2.89 bits per heavy atom. The molecule has 0 amide bonds. The highest BCUT2D eigenvalue weighted by Gasteiger charge is 2.18. The van der Waals surface area contributed by atoms with Crippen molar-refractivity contribution < 1.29 is 4.74 Å². The van der Waals surface area contributed by atoms with E-state index in [0.29, 0.717) is 6.10 Å². The predicted molar refractivity (Wildman–Crippen MR) is 77.0 cm³/mol. The van der Waals surface area contributed by atoms with Crippen LogP contribution in [0.25, 0.3) is 0 Å². The van der Waals surface area contributed by atoms with Crippen molar-refractivity contribution in [3.63, 3.8) is 0 Å². The molecule has 0 bridgehead atoms. The molecule has 0 saturated heterocycles. The fourth-order valence-corrected chi connectivity index (χ4v) is 2.71. The first-order valence-corrected chi connectivity index (χ1v) is 7.17. The van der Waals surface area contributed by atoms with Gasteiger partial charge in [-0.2, -0.15) is 0 Å². The molecule has 2 rings (SSSR count). The standard InChI is InChI=1S/C16H25NO/c1-13-6-5-8-15(12-13)18-11-10-17-16-9-4-3-7-14(16)2/h3-4,7,9,13,15,17H,5-6,8,10-12H2,1-2H3. The second-order valence-electron chi connectivity index (χ2n) is 5.51. The molecule has 0 spiro atoms. The lowest BCUT2D eigenvalue weighted by Crippen LogP contribution is -2.24. The summed E-state index contributed by atoms with van der Waals surface area (Å²) in [5.41, 5.74) is 2.52. The molecule has 2 nitrogen and oxygen atoms in total. The van der Waals surface area contributed by atoms with Gasteiger partial charge < -0.3 is 10.1 Å². The van der Waals surface area contributed by atoms with E-state index in [1.165, 1.54) is 36.9 Å². The molecule has 2 heteroatoms. The van der Waals surface area contributed by atoms with Gasteiger partial charge in [-0.15, -0.1) is 0 Å². The van der Waals surface area contributed by atoms with Gasteiger partial charge in [-0.05, 0) is 37.3 Å². The zero-order valence-electron chi connectivity index (χ0n) is 11.6. The van der Waals surface area contributed by atoms with Crippen molar-refractivity contribution in [1.29, 1.82) is 0 Å². The lowest BCUT2D eigenvalue weighted by molar-refractivity contribution is 0.0213. The maximum absolute atomic E-state index is 5.95. The zero-order chi connectivity index (χ0) is 12.8. The molecule has 2 unspecified atom stereocenters. The average Bonchev–Trinajstić information content (AvgIpc) is 2.37. The van der Waals surface area contributed by atoms with Crippen LogP contribution in [0, 0.1) is 12.8 Å². The Morgan fingerprint density at radius 1 is 1.28 bits per heavy atom. The molecule has 0 radical (unpaired) electrons. The van der Waals surface area contributed by atoms with Gasteiger partial charge in [0, 0.05) is 12.2 Å². The van der Waals surface area contributed by atoms with Gasteiger partial charge in [0.2, 0.25) is 0 Å². The number of benzene rings is 1. The van der Waals surface area contributed by atoms with E-state index in [4.69, 9.17) is 4.74 Å². The van der Waals surface area contributed by atoms with Crippen molar-refractivity contribution in [3.05, 3.63) is 29.8 Å². The first kappa shape index (κ1) is 13.4. The van der Waals surface area contributed by atoms with Gasteiger partial charge in [-0.1, -0.05) is 38.0 Å². The van der Waals surface area contributed by atoms with Gasteiger partial charge in [-0.3, -0.25) is 0 Å². The van der Waals surface area contributed by atoms with Gasteiger partial charge >= 0.3 is 0 Å². The highest BCUT2D eigenvalue weighted by Crippen LogP contribution is 2.25. The van der Waals surface area contributed by atoms with E-state index in [1.807, 2.05) is 0 Å². The molecule has 18 heavy (non-hydrogen) atoms. The lowest BCUT2D eigenvalue weighted by atomic mass is 9.89. The molecule has 1 aromatic rings. The molecule has 1 saturated carbocycles. The van der Waals surface area contributed by atoms with Crippen molar-refractivity contribution >= 4 is 5.69 Å². The molecule has 0 aliphatic heterocycles. The molecule has 0 aromatic heterocycles. The van der Waals surface area contributed by atoms with Crippen molar-refractivity contribution in [2.75, 3.05) is 18.5 Å². The Kier molecular flexibility index (Phi) is 5.06. The lowest BCUT2D eigenvalue weighted by Gasteiger charge is -2.26. The fourth-order valence-electron chi connectivity index (χ4n) is 2.71. The zero-order valence-corrected chi connectivity index (χ0v) is 11.6. The first-order valence-electron chi connectivity index (χ1n) is 7.17. The maximum atomic E-state index is 5.95. The van der Waals surface area contributed by atoms with Crippen LogP contribution in [0.2, 0.25) is 0 Å². The van der Waals surface area contributed by atoms with Crippen LogP contribution < -0.4 is 5.32 Å². The minimum absolute atomic E-state index is 0.493. The van der Waals surface area contributed by atoms with Crippen molar-refractivity contribution in [3.8, 4) is 0 Å². The minimum atomic E-state index is 0.493. The summed E-state index contributed by atoms with van der Waals surface area (Å²) in [4.78, 5) is 0. The van der Waals surface area contributed by atoms with E-state index in [9.17, 15) is 0 Å². The topological polar surface area (TPSA) is 21.3 Å². The summed E-state index contributed by atoms with van der Waals surface area (Å²) < 4.78 is 5.95. The number of hydrogen-bond donors (Lipinski definition) is 1. The molecule has 0 heterocycles. The Hall–Kier alpha value is -1.02. The third kappa shape index (κ3) is 4.02. The van der Waals surface area contributed by atoms with Crippen LogP contribution in [0.1, 0.15) is 38.2 Å². The quantitative estimate of drug-likeness (QED) is 0.794. The highest BCUT2D eigenvalue weighted by molar-refractivity contribution is 5.50. The predicted octanol–water partition coefficient (Wildman–Crippen LogP) is 4.00. The van der Waals surface area contributed by atoms with Crippen LogP contribution in [-0.2, 0) is 4.74 Å². The highest BCUT2D eigenvalue weighted by atomic mass is 16.5. The summed E-state index contributed by atoms with van der Waals surface area (Å²) in [6.07, 6.45) is 5.68. The van der Waals surface area contributed by atoms with Gasteiger partial charge in [0.05, 0.1) is 12.7 Å². The molecule has 1 aromatic carbocycles. The molecule has 1 aliphatic rings. The summed E-state index contributed by atoms with van der Waals surface area (Å²) in [7, 11) is 0. The molecule has 100 valence electrons. The minimum Gasteiger partial charge on any atom is -0.383 e. The van der Waals surface area contributed by atoms with Crippen LogP contribution in [0.3, 0.4) is 0 Å². The maximum Gasteiger partial charge on any atom is 0.0642 e. The number of ether oxygens (including phenoxy) is 1. The summed E-state index contributed by atoms with van der Waals surface area (Å²) in [6, 6.07) is 8.39. The van der Waals surface area contributed by atoms with Crippen LogP contribution in [0.4, 0.5) is 5.69 Å². The molecular weight excluding hydrogens is 222 g/mol. The monoisotopic (exact) mass is 247 g/mol. The SMILES string of the molecule is Cc1ccccc1NCCOC1CCCC(C)C1. The summed E-state index contributed by atoms with van der Waals surface area (Å²) in [5, 5.41) is 3.44. The van der Waals surface area contributed by atoms with E-state index in [1.54, 1.807) is 0 Å². The number of para-hydroxylation sites is 1. The summed E-state index contributed by atoms with van der Waals surface area (Å²) >= 11 is 0. The number of hydrogen-bond acceptors (Lipinski definition) is 2. The molecule has 1 aliphatic carbocycles. The third-order valence-corrected chi connectivity index (χ3v) is 3.80. The first-order chi connectivity index (χ1) is 8.75. The number of aryl methyl sites for hydroxylation is 1. The molecule has 1 N–H and O–H groups in total. The van der Waals surface area contributed by atoms with Crippen LogP contribution in [0.5, 0.6) is 0 Å². The van der Waals surface area contributed by atoms with Crippen LogP contribution >= 0.6 is 0 Å². The van der Waals surface area contributed by atoms with Gasteiger partial charge in [-0.25, -0.2) is 0 Å². The van der Waals surface area contributed by atoms with E-state index < -0.39 is 0 Å². The average molecular weight is 247 g/mol. The third-order valence-electron chi connectivity index (χ3n) is 3.80. The van der Waals surface area contributed by atoms with Gasteiger partial charge in [0.15, 0.2) is 0 Å². The van der Waals surface area contributed by atoms with E-state index >= 15 is 0 Å². The fraction of sp³-hybridized carbons (Fsp3) is 0.625. The van der Waals surface area contributed by atoms with Gasteiger partial charge in [0.1, 0.15) is 0 Å². The second kappa shape index (κ2) is 6.79. The normalized spacial score (nSPS) is 23.9. The largest absolute Gasteiger partial charge is 0.383 e. The van der Waals surface area contributed by atoms with Crippen molar-refractivity contribution in [1.82, 2.24) is 0 Å².